The Morgan fingerprint density at radius 3 is 2.63 bits per heavy atom. The predicted octanol–water partition coefficient (Wildman–Crippen LogP) is 3.04. The number of benzene rings is 1. The fourth-order valence-electron chi connectivity index (χ4n) is 1.50. The number of ether oxygens (including phenoxy) is 1. The first kappa shape index (κ1) is 14.6. The van der Waals surface area contributed by atoms with Crippen LogP contribution in [0.4, 0.5) is 5.69 Å². The van der Waals surface area contributed by atoms with Crippen LogP contribution in [-0.4, -0.2) is 9.91 Å². The van der Waals surface area contributed by atoms with Gasteiger partial charge < -0.3 is 10.9 Å². The van der Waals surface area contributed by atoms with E-state index in [9.17, 15) is 10.1 Å². The second kappa shape index (κ2) is 6.46. The van der Waals surface area contributed by atoms with E-state index in [1.807, 2.05) is 30.3 Å². The van der Waals surface area contributed by atoms with Gasteiger partial charge in [-0.25, -0.2) is 4.98 Å². The van der Waals surface area contributed by atoms with Crippen molar-refractivity contribution in [3.8, 4) is 5.88 Å². The molecular formula is C13H15N3O3. The monoisotopic (exact) mass is 261 g/mol. The summed E-state index contributed by atoms with van der Waals surface area (Å²) in [5, 5.41) is 10.8. The van der Waals surface area contributed by atoms with Crippen molar-refractivity contribution in [2.24, 2.45) is 0 Å². The Labute approximate surface area is 110 Å². The average Bonchev–Trinajstić information content (AvgIpc) is 2.38. The largest absolute Gasteiger partial charge is 0.473 e. The molecule has 0 saturated heterocycles. The maximum absolute atomic E-state index is 10.8. The molecule has 0 bridgehead atoms. The number of nitro groups is 1. The van der Waals surface area contributed by atoms with E-state index in [4.69, 9.17) is 4.74 Å². The molecule has 0 amide bonds. The van der Waals surface area contributed by atoms with Gasteiger partial charge in [0.2, 0.25) is 5.88 Å². The van der Waals surface area contributed by atoms with Crippen LogP contribution in [0.5, 0.6) is 5.88 Å². The Kier molecular flexibility index (Phi) is 4.96. The highest BCUT2D eigenvalue weighted by atomic mass is 16.6. The summed E-state index contributed by atoms with van der Waals surface area (Å²) in [5.41, 5.74) is 1.53. The van der Waals surface area contributed by atoms with Crippen molar-refractivity contribution >= 4 is 5.69 Å². The van der Waals surface area contributed by atoms with Crippen molar-refractivity contribution in [3.05, 3.63) is 63.8 Å². The molecule has 0 radical (unpaired) electrons. The van der Waals surface area contributed by atoms with Crippen LogP contribution < -0.4 is 10.9 Å². The lowest BCUT2D eigenvalue weighted by atomic mass is 10.2. The van der Waals surface area contributed by atoms with E-state index in [0.29, 0.717) is 12.2 Å². The van der Waals surface area contributed by atoms with E-state index in [0.717, 1.165) is 5.56 Å². The molecule has 6 heteroatoms. The van der Waals surface area contributed by atoms with Crippen LogP contribution in [0.3, 0.4) is 0 Å². The Morgan fingerprint density at radius 1 is 1.32 bits per heavy atom. The zero-order valence-corrected chi connectivity index (χ0v) is 10.6. The van der Waals surface area contributed by atoms with Crippen LogP contribution in [0.25, 0.3) is 0 Å². The Balaban J connectivity index is 0.00000180. The number of aryl methyl sites for hydroxylation is 1. The van der Waals surface area contributed by atoms with Crippen LogP contribution in [0, 0.1) is 17.0 Å². The first-order valence-corrected chi connectivity index (χ1v) is 5.44. The Bertz CT molecular complexity index is 558. The van der Waals surface area contributed by atoms with Crippen LogP contribution in [0.15, 0.2) is 42.6 Å². The molecule has 0 aliphatic carbocycles. The number of nitrogens with zero attached hydrogens (tertiary/aromatic N) is 2. The highest BCUT2D eigenvalue weighted by molar-refractivity contribution is 5.40. The normalized spacial score (nSPS) is 9.53. The molecule has 1 aromatic carbocycles. The van der Waals surface area contributed by atoms with Gasteiger partial charge in [0.1, 0.15) is 6.61 Å². The highest BCUT2D eigenvalue weighted by Crippen LogP contribution is 2.21. The molecule has 19 heavy (non-hydrogen) atoms. The summed E-state index contributed by atoms with van der Waals surface area (Å²) in [5.74, 6) is 0.260. The third-order valence-corrected chi connectivity index (χ3v) is 2.48. The molecule has 0 fully saturated rings. The zero-order valence-electron chi connectivity index (χ0n) is 10.6. The maximum atomic E-state index is 10.8. The molecule has 0 atom stereocenters. The standard InChI is InChI=1S/C13H12N2O3.H3N/c1-10-8-14-13(7-12(10)15(16)17)18-9-11-5-3-2-4-6-11;/h2-8H,9H2,1H3;1H3. The minimum absolute atomic E-state index is 0. The van der Waals surface area contributed by atoms with Gasteiger partial charge in [0.05, 0.1) is 11.0 Å². The predicted molar refractivity (Wildman–Crippen MR) is 71.4 cm³/mol. The van der Waals surface area contributed by atoms with E-state index in [2.05, 4.69) is 4.98 Å². The van der Waals surface area contributed by atoms with Gasteiger partial charge >= 0.3 is 0 Å². The number of hydrogen-bond acceptors (Lipinski definition) is 5. The number of pyridine rings is 1. The summed E-state index contributed by atoms with van der Waals surface area (Å²) < 4.78 is 5.42. The lowest BCUT2D eigenvalue weighted by Gasteiger charge is -2.05. The van der Waals surface area contributed by atoms with Gasteiger partial charge in [-0.05, 0) is 12.5 Å². The summed E-state index contributed by atoms with van der Waals surface area (Å²) in [7, 11) is 0. The van der Waals surface area contributed by atoms with E-state index >= 15 is 0 Å². The smallest absolute Gasteiger partial charge is 0.279 e. The molecule has 0 spiro atoms. The third kappa shape index (κ3) is 3.75. The number of hydrogen-bond donors (Lipinski definition) is 1. The van der Waals surface area contributed by atoms with Crippen molar-refractivity contribution in [1.29, 1.82) is 0 Å². The summed E-state index contributed by atoms with van der Waals surface area (Å²) in [6.07, 6.45) is 1.44. The van der Waals surface area contributed by atoms with Gasteiger partial charge in [-0.3, -0.25) is 10.1 Å². The fourth-order valence-corrected chi connectivity index (χ4v) is 1.50. The van der Waals surface area contributed by atoms with E-state index in [1.54, 1.807) is 6.92 Å². The molecule has 2 rings (SSSR count). The summed E-state index contributed by atoms with van der Waals surface area (Å²) in [4.78, 5) is 14.3. The van der Waals surface area contributed by atoms with Gasteiger partial charge in [0, 0.05) is 11.8 Å². The molecule has 6 nitrogen and oxygen atoms in total. The van der Waals surface area contributed by atoms with Gasteiger partial charge in [-0.15, -0.1) is 0 Å². The van der Waals surface area contributed by atoms with E-state index in [1.165, 1.54) is 12.3 Å². The Hall–Kier alpha value is -2.47. The van der Waals surface area contributed by atoms with Crippen LogP contribution >= 0.6 is 0 Å². The molecule has 0 unspecified atom stereocenters. The minimum atomic E-state index is -0.438. The molecule has 3 N–H and O–H groups in total. The van der Waals surface area contributed by atoms with Crippen molar-refractivity contribution in [3.63, 3.8) is 0 Å². The van der Waals surface area contributed by atoms with Gasteiger partial charge in [-0.2, -0.15) is 0 Å². The maximum Gasteiger partial charge on any atom is 0.279 e. The molecule has 0 aliphatic rings. The SMILES string of the molecule is Cc1cnc(OCc2ccccc2)cc1[N+](=O)[O-].N. The van der Waals surface area contributed by atoms with Gasteiger partial charge in [0.25, 0.3) is 5.69 Å². The summed E-state index contributed by atoms with van der Waals surface area (Å²) in [6, 6.07) is 10.9. The van der Waals surface area contributed by atoms with Crippen molar-refractivity contribution in [2.75, 3.05) is 0 Å². The first-order valence-electron chi connectivity index (χ1n) is 5.44. The average molecular weight is 261 g/mol. The zero-order chi connectivity index (χ0) is 13.0. The lowest BCUT2D eigenvalue weighted by molar-refractivity contribution is -0.385. The van der Waals surface area contributed by atoms with Gasteiger partial charge in [-0.1, -0.05) is 30.3 Å². The van der Waals surface area contributed by atoms with E-state index in [-0.39, 0.29) is 17.7 Å². The molecule has 100 valence electrons. The second-order valence-electron chi connectivity index (χ2n) is 3.84. The van der Waals surface area contributed by atoms with Crippen LogP contribution in [0.2, 0.25) is 0 Å². The molecule has 2 aromatic rings. The topological polar surface area (TPSA) is 100 Å². The third-order valence-electron chi connectivity index (χ3n) is 2.48. The molecular weight excluding hydrogens is 246 g/mol. The van der Waals surface area contributed by atoms with E-state index < -0.39 is 4.92 Å². The van der Waals surface area contributed by atoms with Gasteiger partial charge in [0.15, 0.2) is 0 Å². The quantitative estimate of drug-likeness (QED) is 0.673. The molecule has 1 aromatic heterocycles. The van der Waals surface area contributed by atoms with Crippen LogP contribution in [0.1, 0.15) is 11.1 Å². The summed E-state index contributed by atoms with van der Waals surface area (Å²) in [6.45, 7) is 1.99. The van der Waals surface area contributed by atoms with Crippen molar-refractivity contribution in [1.82, 2.24) is 11.1 Å². The highest BCUT2D eigenvalue weighted by Gasteiger charge is 2.12. The molecule has 1 heterocycles. The minimum Gasteiger partial charge on any atom is -0.473 e. The molecule has 0 saturated carbocycles. The van der Waals surface area contributed by atoms with Crippen molar-refractivity contribution in [2.45, 2.75) is 13.5 Å². The Morgan fingerprint density at radius 2 is 2.00 bits per heavy atom. The number of aromatic nitrogens is 1. The molecule has 0 aliphatic heterocycles. The lowest BCUT2D eigenvalue weighted by Crippen LogP contribution is -1.99. The van der Waals surface area contributed by atoms with Crippen LogP contribution in [-0.2, 0) is 6.61 Å². The van der Waals surface area contributed by atoms with Crippen molar-refractivity contribution < 1.29 is 9.66 Å². The number of rotatable bonds is 4. The second-order valence-corrected chi connectivity index (χ2v) is 3.84. The fraction of sp³-hybridized carbons (Fsp3) is 0.154. The first-order chi connectivity index (χ1) is 8.66. The summed E-state index contributed by atoms with van der Waals surface area (Å²) >= 11 is 0.